The first-order valence-electron chi connectivity index (χ1n) is 10.2. The molecular weight excluding hydrogens is 326 g/mol. The summed E-state index contributed by atoms with van der Waals surface area (Å²) in [4.78, 5) is 12.4. The minimum atomic E-state index is -0.212. The van der Waals surface area contributed by atoms with Crippen molar-refractivity contribution in [1.82, 2.24) is 0 Å². The standard InChI is InChI=1S/C22H34NO3/c1-17(2)15-25-20-11-9-18(10-12-20)22(24)26-16-19-7-6-14-23(3)13-5-4-8-21(19)23/h9-12,17,19,21H,4-8,13-16H2,1-3H3/q+1/t19-,21+,23-/m0/s1. The molecule has 3 atom stereocenters. The van der Waals surface area contributed by atoms with Crippen molar-refractivity contribution in [2.45, 2.75) is 52.0 Å². The summed E-state index contributed by atoms with van der Waals surface area (Å²) in [6.45, 7) is 8.05. The molecule has 3 rings (SSSR count). The SMILES string of the molecule is CC(C)COc1ccc(C(=O)OC[C@@H]2CCC[N@+]3(C)CCCC[C@H]23)cc1. The molecule has 0 aliphatic carbocycles. The summed E-state index contributed by atoms with van der Waals surface area (Å²) < 4.78 is 12.6. The van der Waals surface area contributed by atoms with Crippen LogP contribution in [0.5, 0.6) is 5.75 Å². The molecule has 2 aliphatic heterocycles. The van der Waals surface area contributed by atoms with Gasteiger partial charge in [-0.3, -0.25) is 0 Å². The van der Waals surface area contributed by atoms with Crippen LogP contribution in [0.15, 0.2) is 24.3 Å². The first kappa shape index (κ1) is 19.2. The highest BCUT2D eigenvalue weighted by molar-refractivity contribution is 5.89. The Labute approximate surface area is 158 Å². The third-order valence-corrected chi connectivity index (χ3v) is 6.11. The Morgan fingerprint density at radius 2 is 1.85 bits per heavy atom. The van der Waals surface area contributed by atoms with E-state index in [2.05, 4.69) is 20.9 Å². The number of hydrogen-bond acceptors (Lipinski definition) is 3. The van der Waals surface area contributed by atoms with Gasteiger partial charge in [-0.15, -0.1) is 0 Å². The van der Waals surface area contributed by atoms with E-state index in [1.54, 1.807) is 12.1 Å². The van der Waals surface area contributed by atoms with E-state index < -0.39 is 0 Å². The summed E-state index contributed by atoms with van der Waals surface area (Å²) in [6.07, 6.45) is 6.37. The highest BCUT2D eigenvalue weighted by Crippen LogP contribution is 2.36. The number of piperidine rings is 2. The number of benzene rings is 1. The summed E-state index contributed by atoms with van der Waals surface area (Å²) in [5.41, 5.74) is 0.610. The monoisotopic (exact) mass is 360 g/mol. The number of ether oxygens (including phenoxy) is 2. The van der Waals surface area contributed by atoms with Gasteiger partial charge in [0.1, 0.15) is 12.4 Å². The number of rotatable bonds is 6. The molecular formula is C22H34NO3+. The fraction of sp³-hybridized carbons (Fsp3) is 0.682. The molecule has 0 unspecified atom stereocenters. The molecule has 4 nitrogen and oxygen atoms in total. The minimum Gasteiger partial charge on any atom is -0.493 e. The van der Waals surface area contributed by atoms with Crippen molar-refractivity contribution in [2.24, 2.45) is 11.8 Å². The highest BCUT2D eigenvalue weighted by atomic mass is 16.5. The van der Waals surface area contributed by atoms with Crippen molar-refractivity contribution in [3.05, 3.63) is 29.8 Å². The van der Waals surface area contributed by atoms with Gasteiger partial charge in [0.2, 0.25) is 0 Å². The van der Waals surface area contributed by atoms with Crippen molar-refractivity contribution in [3.63, 3.8) is 0 Å². The van der Waals surface area contributed by atoms with Gasteiger partial charge < -0.3 is 14.0 Å². The van der Waals surface area contributed by atoms with Crippen LogP contribution < -0.4 is 4.74 Å². The van der Waals surface area contributed by atoms with E-state index >= 15 is 0 Å². The van der Waals surface area contributed by atoms with Crippen molar-refractivity contribution in [1.29, 1.82) is 0 Å². The maximum atomic E-state index is 12.4. The van der Waals surface area contributed by atoms with E-state index in [0.29, 0.717) is 36.7 Å². The Kier molecular flexibility index (Phi) is 6.23. The fourth-order valence-corrected chi connectivity index (χ4v) is 4.64. The van der Waals surface area contributed by atoms with Gasteiger partial charge in [-0.1, -0.05) is 13.8 Å². The lowest BCUT2D eigenvalue weighted by Crippen LogP contribution is -2.61. The summed E-state index contributed by atoms with van der Waals surface area (Å²) in [7, 11) is 2.40. The topological polar surface area (TPSA) is 35.5 Å². The van der Waals surface area contributed by atoms with Gasteiger partial charge in [-0.25, -0.2) is 4.79 Å². The van der Waals surface area contributed by atoms with E-state index in [0.717, 1.165) is 5.75 Å². The van der Waals surface area contributed by atoms with E-state index in [4.69, 9.17) is 9.47 Å². The molecule has 0 aromatic heterocycles. The maximum Gasteiger partial charge on any atom is 0.338 e. The van der Waals surface area contributed by atoms with Crippen LogP contribution in [0, 0.1) is 11.8 Å². The van der Waals surface area contributed by atoms with E-state index in [1.807, 2.05) is 12.1 Å². The van der Waals surface area contributed by atoms with Crippen LogP contribution in [-0.2, 0) is 4.74 Å². The Morgan fingerprint density at radius 1 is 1.12 bits per heavy atom. The van der Waals surface area contributed by atoms with E-state index in [1.165, 1.54) is 49.7 Å². The van der Waals surface area contributed by atoms with Crippen LogP contribution in [-0.4, -0.2) is 49.8 Å². The molecule has 0 amide bonds. The van der Waals surface area contributed by atoms with Gasteiger partial charge in [-0.2, -0.15) is 0 Å². The molecule has 2 heterocycles. The first-order chi connectivity index (χ1) is 12.5. The molecule has 0 N–H and O–H groups in total. The zero-order valence-corrected chi connectivity index (χ0v) is 16.6. The number of hydrogen-bond donors (Lipinski definition) is 0. The van der Waals surface area contributed by atoms with Gasteiger partial charge in [0.15, 0.2) is 0 Å². The summed E-state index contributed by atoms with van der Waals surface area (Å²) >= 11 is 0. The predicted octanol–water partition coefficient (Wildman–Crippen LogP) is 4.29. The van der Waals surface area contributed by atoms with E-state index in [-0.39, 0.29) is 5.97 Å². The molecule has 2 saturated heterocycles. The number of nitrogens with zero attached hydrogens (tertiary/aromatic N) is 1. The fourth-order valence-electron chi connectivity index (χ4n) is 4.64. The summed E-state index contributed by atoms with van der Waals surface area (Å²) in [5.74, 6) is 1.58. The molecule has 26 heavy (non-hydrogen) atoms. The van der Waals surface area contributed by atoms with Crippen LogP contribution in [0.4, 0.5) is 0 Å². The smallest absolute Gasteiger partial charge is 0.338 e. The molecule has 1 aromatic rings. The zero-order chi connectivity index (χ0) is 18.6. The predicted molar refractivity (Wildman–Crippen MR) is 103 cm³/mol. The van der Waals surface area contributed by atoms with Gasteiger partial charge in [0, 0.05) is 12.3 Å². The molecule has 1 aromatic carbocycles. The Balaban J connectivity index is 1.53. The maximum absolute atomic E-state index is 12.4. The number of esters is 1. The van der Waals surface area contributed by atoms with Crippen molar-refractivity contribution in [2.75, 3.05) is 33.4 Å². The number of fused-ring (bicyclic) bond motifs is 1. The normalized spacial score (nSPS) is 28.5. The van der Waals surface area contributed by atoms with Gasteiger partial charge in [0.05, 0.1) is 38.3 Å². The van der Waals surface area contributed by atoms with Gasteiger partial charge in [0.25, 0.3) is 0 Å². The van der Waals surface area contributed by atoms with Gasteiger partial charge in [-0.05, 0) is 55.9 Å². The van der Waals surface area contributed by atoms with Crippen LogP contribution >= 0.6 is 0 Å². The third-order valence-electron chi connectivity index (χ3n) is 6.11. The van der Waals surface area contributed by atoms with Crippen molar-refractivity contribution >= 4 is 5.97 Å². The number of quaternary nitrogens is 1. The molecule has 2 aliphatic rings. The summed E-state index contributed by atoms with van der Waals surface area (Å²) in [5, 5.41) is 0. The lowest BCUT2D eigenvalue weighted by molar-refractivity contribution is -0.947. The molecule has 0 radical (unpaired) electrons. The van der Waals surface area contributed by atoms with Crippen LogP contribution in [0.1, 0.15) is 56.3 Å². The van der Waals surface area contributed by atoms with Crippen molar-refractivity contribution < 1.29 is 18.8 Å². The van der Waals surface area contributed by atoms with Crippen molar-refractivity contribution in [3.8, 4) is 5.75 Å². The molecule has 0 saturated carbocycles. The largest absolute Gasteiger partial charge is 0.493 e. The Hall–Kier alpha value is -1.55. The second-order valence-corrected chi connectivity index (χ2v) is 8.72. The molecule has 4 heteroatoms. The number of carbonyl (C=O) groups excluding carboxylic acids is 1. The van der Waals surface area contributed by atoms with Crippen LogP contribution in [0.25, 0.3) is 0 Å². The minimum absolute atomic E-state index is 0.212. The molecule has 2 fully saturated rings. The second kappa shape index (κ2) is 8.43. The van der Waals surface area contributed by atoms with Crippen LogP contribution in [0.3, 0.4) is 0 Å². The second-order valence-electron chi connectivity index (χ2n) is 8.72. The van der Waals surface area contributed by atoms with Crippen LogP contribution in [0.2, 0.25) is 0 Å². The molecule has 0 spiro atoms. The Morgan fingerprint density at radius 3 is 2.58 bits per heavy atom. The quantitative estimate of drug-likeness (QED) is 0.561. The average Bonchev–Trinajstić information content (AvgIpc) is 2.64. The van der Waals surface area contributed by atoms with Gasteiger partial charge >= 0.3 is 5.97 Å². The number of carbonyl (C=O) groups is 1. The highest BCUT2D eigenvalue weighted by Gasteiger charge is 2.43. The van der Waals surface area contributed by atoms with E-state index in [9.17, 15) is 4.79 Å². The Bertz CT molecular complexity index is 594. The molecule has 144 valence electrons. The average molecular weight is 361 g/mol. The third kappa shape index (κ3) is 4.59. The zero-order valence-electron chi connectivity index (χ0n) is 16.6. The molecule has 0 bridgehead atoms. The summed E-state index contributed by atoms with van der Waals surface area (Å²) in [6, 6.07) is 7.99. The first-order valence-corrected chi connectivity index (χ1v) is 10.2. The lowest BCUT2D eigenvalue weighted by Gasteiger charge is -2.51. The lowest BCUT2D eigenvalue weighted by atomic mass is 9.82.